The van der Waals surface area contributed by atoms with Crippen molar-refractivity contribution in [3.63, 3.8) is 0 Å². The van der Waals surface area contributed by atoms with Crippen LogP contribution in [0.15, 0.2) is 18.2 Å². The summed E-state index contributed by atoms with van der Waals surface area (Å²) in [6.45, 7) is 5.02. The Morgan fingerprint density at radius 2 is 2.19 bits per heavy atom. The Labute approximate surface area is 95.8 Å². The molecule has 0 saturated carbocycles. The molecule has 1 rings (SSSR count). The molecule has 1 aromatic carbocycles. The van der Waals surface area contributed by atoms with Gasteiger partial charge in [0.15, 0.2) is 0 Å². The van der Waals surface area contributed by atoms with E-state index in [0.29, 0.717) is 30.2 Å². The van der Waals surface area contributed by atoms with E-state index in [0.717, 1.165) is 6.42 Å². The minimum Gasteiger partial charge on any atom is -0.493 e. The highest BCUT2D eigenvalue weighted by Gasteiger charge is 2.14. The number of nitrogen functional groups attached to an aromatic ring is 1. The van der Waals surface area contributed by atoms with Gasteiger partial charge in [-0.2, -0.15) is 0 Å². The van der Waals surface area contributed by atoms with Crippen LogP contribution in [-0.2, 0) is 0 Å². The van der Waals surface area contributed by atoms with Crippen LogP contribution >= 0.6 is 0 Å². The molecule has 3 N–H and O–H groups in total. The van der Waals surface area contributed by atoms with Crippen molar-refractivity contribution in [3.05, 3.63) is 23.8 Å². The quantitative estimate of drug-likeness (QED) is 0.747. The van der Waals surface area contributed by atoms with Gasteiger partial charge < -0.3 is 15.8 Å². The van der Waals surface area contributed by atoms with Gasteiger partial charge in [0.05, 0.1) is 6.61 Å². The lowest BCUT2D eigenvalue weighted by Crippen LogP contribution is -2.25. The minimum absolute atomic E-state index is 0.177. The molecule has 0 aliphatic heterocycles. The fourth-order valence-corrected chi connectivity index (χ4v) is 1.39. The highest BCUT2D eigenvalue weighted by atomic mass is 16.5. The van der Waals surface area contributed by atoms with E-state index in [1.807, 2.05) is 13.8 Å². The minimum atomic E-state index is -0.177. The first-order valence-corrected chi connectivity index (χ1v) is 5.50. The fraction of sp³-hybridized carbons (Fsp3) is 0.417. The number of nitrogens with one attached hydrogen (secondary N) is 1. The van der Waals surface area contributed by atoms with Gasteiger partial charge in [-0.3, -0.25) is 4.79 Å². The van der Waals surface area contributed by atoms with Gasteiger partial charge in [0.25, 0.3) is 5.91 Å². The van der Waals surface area contributed by atoms with Crippen molar-refractivity contribution in [3.8, 4) is 5.75 Å². The molecule has 0 fully saturated rings. The van der Waals surface area contributed by atoms with Gasteiger partial charge >= 0.3 is 0 Å². The molecule has 1 aromatic rings. The van der Waals surface area contributed by atoms with Crippen LogP contribution in [0.4, 0.5) is 5.69 Å². The van der Waals surface area contributed by atoms with Crippen LogP contribution in [0.2, 0.25) is 0 Å². The Bertz CT molecular complexity index is 364. The molecule has 0 spiro atoms. The number of hydrogen-bond donors (Lipinski definition) is 2. The fourth-order valence-electron chi connectivity index (χ4n) is 1.39. The normalized spacial score (nSPS) is 9.88. The molecule has 0 aromatic heterocycles. The topological polar surface area (TPSA) is 64.4 Å². The predicted octanol–water partition coefficient (Wildman–Crippen LogP) is 1.81. The van der Waals surface area contributed by atoms with Crippen molar-refractivity contribution in [2.24, 2.45) is 0 Å². The maximum absolute atomic E-state index is 11.8. The third-order valence-electron chi connectivity index (χ3n) is 2.12. The van der Waals surface area contributed by atoms with Gasteiger partial charge in [-0.25, -0.2) is 0 Å². The summed E-state index contributed by atoms with van der Waals surface area (Å²) >= 11 is 0. The molecule has 0 saturated heterocycles. The van der Waals surface area contributed by atoms with E-state index in [4.69, 9.17) is 10.5 Å². The number of hydrogen-bond acceptors (Lipinski definition) is 3. The van der Waals surface area contributed by atoms with E-state index < -0.39 is 0 Å². The number of nitrogens with two attached hydrogens (primary N) is 1. The summed E-state index contributed by atoms with van der Waals surface area (Å²) in [4.78, 5) is 11.8. The van der Waals surface area contributed by atoms with Crippen LogP contribution < -0.4 is 15.8 Å². The summed E-state index contributed by atoms with van der Waals surface area (Å²) in [6, 6.07) is 5.22. The molecule has 1 amide bonds. The SMILES string of the molecule is CCCNC(=O)c1c(N)cccc1OCC. The standard InChI is InChI=1S/C12H18N2O2/c1-3-8-14-12(15)11-9(13)6-5-7-10(11)16-4-2/h5-7H,3-4,8,13H2,1-2H3,(H,14,15). The number of rotatable bonds is 5. The molecule has 0 unspecified atom stereocenters. The van der Waals surface area contributed by atoms with Gasteiger partial charge in [-0.1, -0.05) is 13.0 Å². The predicted molar refractivity (Wildman–Crippen MR) is 64.6 cm³/mol. The highest BCUT2D eigenvalue weighted by Crippen LogP contribution is 2.24. The van der Waals surface area contributed by atoms with Crippen LogP contribution in [0.1, 0.15) is 30.6 Å². The highest BCUT2D eigenvalue weighted by molar-refractivity contribution is 6.01. The lowest BCUT2D eigenvalue weighted by molar-refractivity contribution is 0.0951. The molecular formula is C12H18N2O2. The van der Waals surface area contributed by atoms with E-state index >= 15 is 0 Å². The number of carbonyl (C=O) groups is 1. The monoisotopic (exact) mass is 222 g/mol. The van der Waals surface area contributed by atoms with Gasteiger partial charge in [0.1, 0.15) is 11.3 Å². The summed E-state index contributed by atoms with van der Waals surface area (Å²) in [6.07, 6.45) is 0.891. The number of anilines is 1. The van der Waals surface area contributed by atoms with E-state index in [9.17, 15) is 4.79 Å². The average molecular weight is 222 g/mol. The lowest BCUT2D eigenvalue weighted by atomic mass is 10.1. The Hall–Kier alpha value is -1.71. The zero-order chi connectivity index (χ0) is 12.0. The van der Waals surface area contributed by atoms with Gasteiger partial charge in [-0.05, 0) is 25.5 Å². The lowest BCUT2D eigenvalue weighted by Gasteiger charge is -2.12. The van der Waals surface area contributed by atoms with Gasteiger partial charge in [0, 0.05) is 12.2 Å². The van der Waals surface area contributed by atoms with Crippen LogP contribution in [0.3, 0.4) is 0 Å². The van der Waals surface area contributed by atoms with Crippen molar-refractivity contribution in [1.82, 2.24) is 5.32 Å². The summed E-state index contributed by atoms with van der Waals surface area (Å²) in [7, 11) is 0. The molecule has 0 aliphatic rings. The summed E-state index contributed by atoms with van der Waals surface area (Å²) in [5, 5.41) is 2.79. The third-order valence-corrected chi connectivity index (χ3v) is 2.12. The van der Waals surface area contributed by atoms with Crippen LogP contribution in [-0.4, -0.2) is 19.1 Å². The van der Waals surface area contributed by atoms with E-state index in [1.165, 1.54) is 0 Å². The second-order valence-corrected chi connectivity index (χ2v) is 3.41. The first-order chi connectivity index (χ1) is 7.70. The van der Waals surface area contributed by atoms with Crippen molar-refractivity contribution in [2.75, 3.05) is 18.9 Å². The Morgan fingerprint density at radius 1 is 1.44 bits per heavy atom. The van der Waals surface area contributed by atoms with E-state index in [1.54, 1.807) is 18.2 Å². The summed E-state index contributed by atoms with van der Waals surface area (Å²) < 4.78 is 5.38. The van der Waals surface area contributed by atoms with Crippen molar-refractivity contribution >= 4 is 11.6 Å². The number of carbonyl (C=O) groups excluding carboxylic acids is 1. The van der Waals surface area contributed by atoms with Gasteiger partial charge in [-0.15, -0.1) is 0 Å². The van der Waals surface area contributed by atoms with Crippen molar-refractivity contribution in [2.45, 2.75) is 20.3 Å². The van der Waals surface area contributed by atoms with Crippen molar-refractivity contribution < 1.29 is 9.53 Å². The molecular weight excluding hydrogens is 204 g/mol. The first kappa shape index (κ1) is 12.4. The molecule has 88 valence electrons. The Kier molecular flexibility index (Phi) is 4.64. The number of amides is 1. The average Bonchev–Trinajstić information content (AvgIpc) is 2.26. The van der Waals surface area contributed by atoms with Crippen LogP contribution in [0.25, 0.3) is 0 Å². The molecule has 16 heavy (non-hydrogen) atoms. The van der Waals surface area contributed by atoms with Crippen LogP contribution in [0.5, 0.6) is 5.75 Å². The molecule has 4 heteroatoms. The second-order valence-electron chi connectivity index (χ2n) is 3.41. The molecule has 0 atom stereocenters. The zero-order valence-electron chi connectivity index (χ0n) is 9.75. The molecule has 4 nitrogen and oxygen atoms in total. The molecule has 0 heterocycles. The van der Waals surface area contributed by atoms with Crippen molar-refractivity contribution in [1.29, 1.82) is 0 Å². The summed E-state index contributed by atoms with van der Waals surface area (Å²) in [5.74, 6) is 0.361. The van der Waals surface area contributed by atoms with Gasteiger partial charge in [0.2, 0.25) is 0 Å². The van der Waals surface area contributed by atoms with E-state index in [2.05, 4.69) is 5.32 Å². The maximum Gasteiger partial charge on any atom is 0.257 e. The zero-order valence-corrected chi connectivity index (χ0v) is 9.75. The van der Waals surface area contributed by atoms with E-state index in [-0.39, 0.29) is 5.91 Å². The molecule has 0 bridgehead atoms. The molecule has 0 radical (unpaired) electrons. The Morgan fingerprint density at radius 3 is 2.81 bits per heavy atom. The summed E-state index contributed by atoms with van der Waals surface area (Å²) in [5.41, 5.74) is 6.66. The third kappa shape index (κ3) is 2.89. The largest absolute Gasteiger partial charge is 0.493 e. The second kappa shape index (κ2) is 6.00. The number of ether oxygens (including phenoxy) is 1. The molecule has 0 aliphatic carbocycles. The number of benzene rings is 1. The smallest absolute Gasteiger partial charge is 0.257 e. The van der Waals surface area contributed by atoms with Crippen LogP contribution in [0, 0.1) is 0 Å². The maximum atomic E-state index is 11.8. The first-order valence-electron chi connectivity index (χ1n) is 5.50. The Balaban J connectivity index is 2.95.